The van der Waals surface area contributed by atoms with E-state index in [4.69, 9.17) is 11.6 Å². The normalized spacial score (nSPS) is 19.6. The molecule has 1 fully saturated rings. The summed E-state index contributed by atoms with van der Waals surface area (Å²) in [6, 6.07) is 0. The van der Waals surface area contributed by atoms with Crippen molar-refractivity contribution in [2.24, 2.45) is 5.41 Å². The topological polar surface area (TPSA) is 29.0 Å². The van der Waals surface area contributed by atoms with Crippen molar-refractivity contribution < 1.29 is 4.39 Å². The first-order chi connectivity index (χ1) is 6.98. The van der Waals surface area contributed by atoms with Gasteiger partial charge in [0.2, 0.25) is 5.28 Å². The fourth-order valence-electron chi connectivity index (χ4n) is 1.85. The van der Waals surface area contributed by atoms with Gasteiger partial charge in [0.15, 0.2) is 11.6 Å². The minimum atomic E-state index is -0.405. The van der Waals surface area contributed by atoms with E-state index < -0.39 is 5.82 Å². The minimum Gasteiger partial charge on any atom is -0.353 e. The van der Waals surface area contributed by atoms with Gasteiger partial charge in [-0.2, -0.15) is 4.98 Å². The van der Waals surface area contributed by atoms with Gasteiger partial charge in [-0.05, 0) is 23.4 Å². The molecule has 0 aromatic carbocycles. The molecule has 1 aromatic heterocycles. The third kappa shape index (κ3) is 2.20. The number of aromatic nitrogens is 2. The fourth-order valence-corrected chi connectivity index (χ4v) is 1.98. The lowest BCUT2D eigenvalue weighted by Gasteiger charge is -2.20. The van der Waals surface area contributed by atoms with Crippen LogP contribution in [0, 0.1) is 11.2 Å². The highest BCUT2D eigenvalue weighted by atomic mass is 35.5. The molecule has 1 aromatic rings. The number of hydrogen-bond donors (Lipinski definition) is 0. The summed E-state index contributed by atoms with van der Waals surface area (Å²) in [6.07, 6.45) is 2.16. The Morgan fingerprint density at radius 1 is 1.53 bits per heavy atom. The van der Waals surface area contributed by atoms with Crippen molar-refractivity contribution >= 4 is 17.4 Å². The van der Waals surface area contributed by atoms with Crippen molar-refractivity contribution in [1.82, 2.24) is 9.97 Å². The summed E-state index contributed by atoms with van der Waals surface area (Å²) in [7, 11) is 0. The molecule has 2 heterocycles. The Morgan fingerprint density at radius 2 is 2.27 bits per heavy atom. The average Bonchev–Trinajstić information content (AvgIpc) is 2.50. The maximum absolute atomic E-state index is 13.4. The predicted octanol–water partition coefficient (Wildman–Crippen LogP) is 2.51. The lowest BCUT2D eigenvalue weighted by atomic mass is 9.93. The van der Waals surface area contributed by atoms with Crippen LogP contribution in [0.1, 0.15) is 20.3 Å². The number of nitrogens with zero attached hydrogens (tertiary/aromatic N) is 3. The summed E-state index contributed by atoms with van der Waals surface area (Å²) in [4.78, 5) is 9.44. The summed E-state index contributed by atoms with van der Waals surface area (Å²) >= 11 is 5.65. The Kier molecular flexibility index (Phi) is 2.54. The zero-order chi connectivity index (χ0) is 11.1. The van der Waals surface area contributed by atoms with Crippen LogP contribution in [0.5, 0.6) is 0 Å². The number of rotatable bonds is 1. The SMILES string of the molecule is CC1(C)CCN(c2nc(Cl)ncc2F)C1. The van der Waals surface area contributed by atoms with E-state index in [1.165, 1.54) is 0 Å². The number of hydrogen-bond acceptors (Lipinski definition) is 3. The maximum atomic E-state index is 13.4. The number of anilines is 1. The van der Waals surface area contributed by atoms with Gasteiger partial charge in [-0.15, -0.1) is 0 Å². The molecule has 0 aliphatic carbocycles. The Hall–Kier alpha value is -0.900. The molecule has 0 saturated carbocycles. The van der Waals surface area contributed by atoms with Gasteiger partial charge in [-0.25, -0.2) is 9.37 Å². The van der Waals surface area contributed by atoms with Gasteiger partial charge in [-0.1, -0.05) is 13.8 Å². The first-order valence-electron chi connectivity index (χ1n) is 4.91. The lowest BCUT2D eigenvalue weighted by Crippen LogP contribution is -2.24. The lowest BCUT2D eigenvalue weighted by molar-refractivity contribution is 0.418. The molecule has 0 radical (unpaired) electrons. The van der Waals surface area contributed by atoms with E-state index in [-0.39, 0.29) is 10.7 Å². The second-order valence-electron chi connectivity index (χ2n) is 4.65. The molecule has 1 saturated heterocycles. The Balaban J connectivity index is 2.27. The predicted molar refractivity (Wildman–Crippen MR) is 57.6 cm³/mol. The van der Waals surface area contributed by atoms with Crippen molar-refractivity contribution in [2.75, 3.05) is 18.0 Å². The number of halogens is 2. The molecule has 1 aliphatic rings. The summed E-state index contributed by atoms with van der Waals surface area (Å²) in [6.45, 7) is 5.94. The third-order valence-corrected chi connectivity index (χ3v) is 2.86. The highest BCUT2D eigenvalue weighted by molar-refractivity contribution is 6.28. The standard InChI is InChI=1S/C10H13ClFN3/c1-10(2)3-4-15(6-10)8-7(12)5-13-9(11)14-8/h5H,3-4,6H2,1-2H3. The second kappa shape index (κ2) is 3.59. The Labute approximate surface area is 93.3 Å². The van der Waals surface area contributed by atoms with Crippen LogP contribution >= 0.6 is 11.6 Å². The van der Waals surface area contributed by atoms with E-state index in [2.05, 4.69) is 23.8 Å². The van der Waals surface area contributed by atoms with Crippen LogP contribution in [-0.4, -0.2) is 23.1 Å². The molecule has 2 rings (SSSR count). The second-order valence-corrected chi connectivity index (χ2v) is 4.98. The molecule has 15 heavy (non-hydrogen) atoms. The van der Waals surface area contributed by atoms with E-state index in [1.807, 2.05) is 4.90 Å². The molecule has 1 aliphatic heterocycles. The quantitative estimate of drug-likeness (QED) is 0.693. The van der Waals surface area contributed by atoms with Crippen LogP contribution in [0.3, 0.4) is 0 Å². The van der Waals surface area contributed by atoms with Gasteiger partial charge >= 0.3 is 0 Å². The van der Waals surface area contributed by atoms with Crippen molar-refractivity contribution in [2.45, 2.75) is 20.3 Å². The van der Waals surface area contributed by atoms with Gasteiger partial charge in [0.05, 0.1) is 6.20 Å². The van der Waals surface area contributed by atoms with Gasteiger partial charge in [0.1, 0.15) is 0 Å². The van der Waals surface area contributed by atoms with Crippen LogP contribution < -0.4 is 4.90 Å². The van der Waals surface area contributed by atoms with Crippen LogP contribution in [-0.2, 0) is 0 Å². The maximum Gasteiger partial charge on any atom is 0.224 e. The monoisotopic (exact) mass is 229 g/mol. The van der Waals surface area contributed by atoms with E-state index in [1.54, 1.807) is 0 Å². The molecular weight excluding hydrogens is 217 g/mol. The van der Waals surface area contributed by atoms with Gasteiger partial charge in [-0.3, -0.25) is 0 Å². The van der Waals surface area contributed by atoms with Gasteiger partial charge in [0, 0.05) is 13.1 Å². The van der Waals surface area contributed by atoms with Crippen molar-refractivity contribution in [3.63, 3.8) is 0 Å². The zero-order valence-corrected chi connectivity index (χ0v) is 9.55. The van der Waals surface area contributed by atoms with Crippen molar-refractivity contribution in [1.29, 1.82) is 0 Å². The van der Waals surface area contributed by atoms with Crippen LogP contribution in [0.15, 0.2) is 6.20 Å². The smallest absolute Gasteiger partial charge is 0.224 e. The molecular formula is C10H13ClFN3. The fraction of sp³-hybridized carbons (Fsp3) is 0.600. The van der Waals surface area contributed by atoms with E-state index in [9.17, 15) is 4.39 Å². The molecule has 82 valence electrons. The third-order valence-electron chi connectivity index (χ3n) is 2.67. The molecule has 0 unspecified atom stereocenters. The average molecular weight is 230 g/mol. The molecule has 3 nitrogen and oxygen atoms in total. The summed E-state index contributed by atoms with van der Waals surface area (Å²) in [5.41, 5.74) is 0.212. The first kappa shape index (κ1) is 10.6. The van der Waals surface area contributed by atoms with Crippen LogP contribution in [0.25, 0.3) is 0 Å². The highest BCUT2D eigenvalue weighted by Gasteiger charge is 2.31. The molecule has 0 amide bonds. The largest absolute Gasteiger partial charge is 0.353 e. The minimum absolute atomic E-state index is 0.0936. The Morgan fingerprint density at radius 3 is 2.87 bits per heavy atom. The molecule has 0 N–H and O–H groups in total. The van der Waals surface area contributed by atoms with Crippen molar-refractivity contribution in [3.05, 3.63) is 17.3 Å². The van der Waals surface area contributed by atoms with Crippen molar-refractivity contribution in [3.8, 4) is 0 Å². The van der Waals surface area contributed by atoms with Crippen LogP contribution in [0.2, 0.25) is 5.28 Å². The van der Waals surface area contributed by atoms with Gasteiger partial charge < -0.3 is 4.90 Å². The molecule has 5 heteroatoms. The van der Waals surface area contributed by atoms with E-state index in [0.717, 1.165) is 25.7 Å². The summed E-state index contributed by atoms with van der Waals surface area (Å²) in [5.74, 6) is -0.0855. The highest BCUT2D eigenvalue weighted by Crippen LogP contribution is 2.32. The first-order valence-corrected chi connectivity index (χ1v) is 5.29. The molecule has 0 bridgehead atoms. The summed E-state index contributed by atoms with van der Waals surface area (Å²) in [5, 5.41) is 0.0936. The molecule has 0 atom stereocenters. The van der Waals surface area contributed by atoms with E-state index in [0.29, 0.717) is 5.82 Å². The zero-order valence-electron chi connectivity index (χ0n) is 8.80. The van der Waals surface area contributed by atoms with Gasteiger partial charge in [0.25, 0.3) is 0 Å². The van der Waals surface area contributed by atoms with Crippen LogP contribution in [0.4, 0.5) is 10.2 Å². The molecule has 0 spiro atoms. The Bertz CT molecular complexity index is 381. The van der Waals surface area contributed by atoms with E-state index >= 15 is 0 Å². The summed E-state index contributed by atoms with van der Waals surface area (Å²) < 4.78 is 13.4.